The van der Waals surface area contributed by atoms with E-state index in [1.54, 1.807) is 0 Å². The number of allylic oxidation sites excluding steroid dienone is 1. The molecule has 0 amide bonds. The van der Waals surface area contributed by atoms with Crippen molar-refractivity contribution in [3.63, 3.8) is 0 Å². The number of carbonyl (C=O) groups excluding carboxylic acids is 1. The second-order valence-electron chi connectivity index (χ2n) is 4.30. The van der Waals surface area contributed by atoms with Gasteiger partial charge in [-0.15, -0.1) is 0 Å². The molecule has 0 aromatic carbocycles. The smallest absolute Gasteiger partial charge is 0.140 e. The average Bonchev–Trinajstić information content (AvgIpc) is 2.01. The van der Waals surface area contributed by atoms with E-state index < -0.39 is 0 Å². The normalized spacial score (nSPS) is 40.6. The third-order valence-corrected chi connectivity index (χ3v) is 3.72. The monoisotopic (exact) mass is 164 g/mol. The molecular weight excluding hydrogens is 148 g/mol. The lowest BCUT2D eigenvalue weighted by molar-refractivity contribution is -0.133. The first-order valence-corrected chi connectivity index (χ1v) is 4.90. The van der Waals surface area contributed by atoms with Gasteiger partial charge < -0.3 is 0 Å². The molecule has 0 radical (unpaired) electrons. The van der Waals surface area contributed by atoms with E-state index >= 15 is 0 Å². The van der Waals surface area contributed by atoms with E-state index in [2.05, 4.69) is 13.5 Å². The summed E-state index contributed by atoms with van der Waals surface area (Å²) in [6.07, 6.45) is 5.42. The molecule has 2 aliphatic rings. The lowest BCUT2D eigenvalue weighted by Gasteiger charge is -2.53. The average molecular weight is 164 g/mol. The van der Waals surface area contributed by atoms with Crippen LogP contribution in [0, 0.1) is 11.3 Å². The Bertz CT molecular complexity index is 241. The molecule has 0 bridgehead atoms. The van der Waals surface area contributed by atoms with E-state index in [0.717, 1.165) is 25.7 Å². The van der Waals surface area contributed by atoms with Crippen LogP contribution >= 0.6 is 0 Å². The van der Waals surface area contributed by atoms with Gasteiger partial charge in [0.2, 0.25) is 0 Å². The zero-order valence-electron chi connectivity index (χ0n) is 7.73. The largest absolute Gasteiger partial charge is 0.299 e. The van der Waals surface area contributed by atoms with Crippen LogP contribution in [-0.4, -0.2) is 5.78 Å². The Kier molecular flexibility index (Phi) is 1.64. The number of hydrogen-bond acceptors (Lipinski definition) is 1. The zero-order valence-corrected chi connectivity index (χ0v) is 7.73. The Balaban J connectivity index is 2.25. The summed E-state index contributed by atoms with van der Waals surface area (Å²) in [5.41, 5.74) is 1.55. The maximum Gasteiger partial charge on any atom is 0.140 e. The number of hydrogen-bond donors (Lipinski definition) is 0. The van der Waals surface area contributed by atoms with Gasteiger partial charge in [0.05, 0.1) is 0 Å². The Labute approximate surface area is 73.8 Å². The fraction of sp³-hybridized carbons (Fsp3) is 0.727. The minimum atomic E-state index is 0.247. The number of ketones is 1. The lowest BCUT2D eigenvalue weighted by Crippen LogP contribution is -2.48. The van der Waals surface area contributed by atoms with Crippen LogP contribution in [0.5, 0.6) is 0 Å². The molecule has 12 heavy (non-hydrogen) atoms. The summed E-state index contributed by atoms with van der Waals surface area (Å²) in [6, 6.07) is 0. The van der Waals surface area contributed by atoms with E-state index in [4.69, 9.17) is 0 Å². The van der Waals surface area contributed by atoms with Gasteiger partial charge in [0.15, 0.2) is 0 Å². The van der Waals surface area contributed by atoms with Crippen molar-refractivity contribution < 1.29 is 4.79 Å². The maximum atomic E-state index is 11.6. The lowest BCUT2D eigenvalue weighted by atomic mass is 9.50. The van der Waals surface area contributed by atoms with E-state index in [-0.39, 0.29) is 5.92 Å². The molecule has 0 aromatic heterocycles. The van der Waals surface area contributed by atoms with Crippen LogP contribution in [0.25, 0.3) is 0 Å². The highest BCUT2D eigenvalue weighted by molar-refractivity contribution is 5.87. The number of fused-ring (bicyclic) bond motifs is 1. The summed E-state index contributed by atoms with van der Waals surface area (Å²) in [7, 11) is 0. The molecule has 0 aromatic rings. The van der Waals surface area contributed by atoms with E-state index in [9.17, 15) is 4.79 Å². The predicted octanol–water partition coefficient (Wildman–Crippen LogP) is 2.71. The van der Waals surface area contributed by atoms with Gasteiger partial charge in [0.1, 0.15) is 5.78 Å². The van der Waals surface area contributed by atoms with Crippen LogP contribution in [0.2, 0.25) is 0 Å². The summed E-state index contributed by atoms with van der Waals surface area (Å²) in [6.45, 7) is 6.17. The number of carbonyl (C=O) groups is 1. The van der Waals surface area contributed by atoms with Crippen molar-refractivity contribution in [1.29, 1.82) is 0 Å². The first-order chi connectivity index (χ1) is 5.69. The van der Waals surface area contributed by atoms with Crippen molar-refractivity contribution in [3.8, 4) is 0 Å². The molecule has 2 fully saturated rings. The Hall–Kier alpha value is -0.590. The van der Waals surface area contributed by atoms with Crippen LogP contribution in [0.1, 0.15) is 39.0 Å². The van der Waals surface area contributed by atoms with Gasteiger partial charge in [-0.2, -0.15) is 0 Å². The molecular formula is C11H16O. The molecule has 2 saturated carbocycles. The molecule has 1 nitrogen and oxygen atoms in total. The van der Waals surface area contributed by atoms with E-state index in [1.807, 2.05) is 0 Å². The van der Waals surface area contributed by atoms with Crippen molar-refractivity contribution in [3.05, 3.63) is 12.2 Å². The van der Waals surface area contributed by atoms with Crippen molar-refractivity contribution in [1.82, 2.24) is 0 Å². The Morgan fingerprint density at radius 3 is 2.92 bits per heavy atom. The molecule has 1 heteroatoms. The highest BCUT2D eigenvalue weighted by Crippen LogP contribution is 2.58. The highest BCUT2D eigenvalue weighted by atomic mass is 16.1. The topological polar surface area (TPSA) is 17.1 Å². The van der Waals surface area contributed by atoms with Gasteiger partial charge in [-0.25, -0.2) is 0 Å². The molecule has 0 aliphatic heterocycles. The molecule has 2 aliphatic carbocycles. The van der Waals surface area contributed by atoms with Crippen molar-refractivity contribution >= 4 is 5.78 Å². The summed E-state index contributed by atoms with van der Waals surface area (Å²) >= 11 is 0. The molecule has 2 unspecified atom stereocenters. The third-order valence-electron chi connectivity index (χ3n) is 3.72. The molecule has 66 valence electrons. The van der Waals surface area contributed by atoms with Crippen molar-refractivity contribution in [2.45, 2.75) is 39.0 Å². The van der Waals surface area contributed by atoms with E-state index in [1.165, 1.54) is 12.0 Å². The number of rotatable bonds is 1. The molecule has 2 rings (SSSR count). The van der Waals surface area contributed by atoms with Crippen molar-refractivity contribution in [2.75, 3.05) is 0 Å². The third kappa shape index (κ3) is 0.825. The van der Waals surface area contributed by atoms with Gasteiger partial charge in [-0.05, 0) is 31.1 Å². The molecule has 2 atom stereocenters. The second-order valence-corrected chi connectivity index (χ2v) is 4.30. The van der Waals surface area contributed by atoms with Gasteiger partial charge in [0, 0.05) is 12.3 Å². The minimum Gasteiger partial charge on any atom is -0.299 e. The van der Waals surface area contributed by atoms with Gasteiger partial charge in [-0.3, -0.25) is 4.79 Å². The second kappa shape index (κ2) is 2.45. The quantitative estimate of drug-likeness (QED) is 0.544. The highest BCUT2D eigenvalue weighted by Gasteiger charge is 2.52. The van der Waals surface area contributed by atoms with Crippen LogP contribution < -0.4 is 0 Å². The summed E-state index contributed by atoms with van der Waals surface area (Å²) < 4.78 is 0. The Morgan fingerprint density at radius 1 is 1.67 bits per heavy atom. The molecule has 0 heterocycles. The van der Waals surface area contributed by atoms with Gasteiger partial charge >= 0.3 is 0 Å². The van der Waals surface area contributed by atoms with Crippen LogP contribution in [0.4, 0.5) is 0 Å². The first-order valence-electron chi connectivity index (χ1n) is 4.90. The fourth-order valence-electron chi connectivity index (χ4n) is 3.03. The minimum absolute atomic E-state index is 0.247. The Morgan fingerprint density at radius 2 is 2.42 bits per heavy atom. The fourth-order valence-corrected chi connectivity index (χ4v) is 3.03. The maximum absolute atomic E-state index is 11.6. The summed E-state index contributed by atoms with van der Waals surface area (Å²) in [4.78, 5) is 11.6. The van der Waals surface area contributed by atoms with Crippen LogP contribution in [0.3, 0.4) is 0 Å². The standard InChI is InChI=1S/C11H16O/c1-3-11-6-4-5-9(12)10(11)8(2)7-11/h10H,2-7H2,1H3. The molecule has 0 N–H and O–H groups in total. The predicted molar refractivity (Wildman–Crippen MR) is 48.8 cm³/mol. The molecule has 0 spiro atoms. The van der Waals surface area contributed by atoms with Gasteiger partial charge in [0.25, 0.3) is 0 Å². The summed E-state index contributed by atoms with van der Waals surface area (Å²) in [5, 5.41) is 0. The van der Waals surface area contributed by atoms with Crippen molar-refractivity contribution in [2.24, 2.45) is 11.3 Å². The SMILES string of the molecule is C=C1CC2(CC)CCCC(=O)C12. The molecule has 0 saturated heterocycles. The van der Waals surface area contributed by atoms with E-state index in [0.29, 0.717) is 11.2 Å². The van der Waals surface area contributed by atoms with Crippen LogP contribution in [-0.2, 0) is 4.79 Å². The van der Waals surface area contributed by atoms with Crippen LogP contribution in [0.15, 0.2) is 12.2 Å². The van der Waals surface area contributed by atoms with Gasteiger partial charge in [-0.1, -0.05) is 19.1 Å². The first kappa shape index (κ1) is 8.03. The zero-order chi connectivity index (χ0) is 8.77. The summed E-state index contributed by atoms with van der Waals surface area (Å²) in [5.74, 6) is 0.704. The number of Topliss-reactive ketones (excluding diaryl/α,β-unsaturated/α-hetero) is 1.